The number of carbonyl (C=O) groups is 8. The molecule has 18 nitrogen and oxygen atoms in total. The monoisotopic (exact) mass is 981 g/mol. The number of aliphatic hydroxyl groups is 3. The summed E-state index contributed by atoms with van der Waals surface area (Å²) < 4.78 is 17.8. The Morgan fingerprint density at radius 1 is 0.930 bits per heavy atom. The van der Waals surface area contributed by atoms with Gasteiger partial charge in [0.1, 0.15) is 35.8 Å². The van der Waals surface area contributed by atoms with Gasteiger partial charge in [-0.05, 0) is 67.4 Å². The molecular weight excluding hydrogens is 919 g/mol. The van der Waals surface area contributed by atoms with Crippen LogP contribution in [0.4, 0.5) is 0 Å². The number of phenolic OH excluding ortho intramolecular Hbond substituents is 1. The van der Waals surface area contributed by atoms with E-state index in [2.05, 4.69) is 22.5 Å². The van der Waals surface area contributed by atoms with Gasteiger partial charge >= 0.3 is 0 Å². The third-order valence-electron chi connectivity index (χ3n) is 13.5. The second-order valence-corrected chi connectivity index (χ2v) is 19.2. The van der Waals surface area contributed by atoms with Gasteiger partial charge in [0.2, 0.25) is 23.5 Å². The van der Waals surface area contributed by atoms with E-state index in [-0.39, 0.29) is 94.9 Å². The number of allylic oxidation sites excluding steroid dienone is 1. The molecule has 3 aliphatic rings. The van der Waals surface area contributed by atoms with Gasteiger partial charge in [-0.15, -0.1) is 0 Å². The summed E-state index contributed by atoms with van der Waals surface area (Å²) in [6, 6.07) is 11.2. The summed E-state index contributed by atoms with van der Waals surface area (Å²) in [4.78, 5) is 108. The Bertz CT molecular complexity index is 2610. The topological polar surface area (TPSA) is 281 Å². The van der Waals surface area contributed by atoms with Crippen molar-refractivity contribution in [1.82, 2.24) is 16.0 Å². The van der Waals surface area contributed by atoms with E-state index in [1.165, 1.54) is 26.2 Å². The Morgan fingerprint density at radius 3 is 2.28 bits per heavy atom. The van der Waals surface area contributed by atoms with Gasteiger partial charge in [-0.1, -0.05) is 62.9 Å². The number of amides is 3. The van der Waals surface area contributed by atoms with Gasteiger partial charge in [-0.3, -0.25) is 38.4 Å². The number of fused-ring (bicyclic) bond motifs is 3. The van der Waals surface area contributed by atoms with Crippen molar-refractivity contribution in [3.63, 3.8) is 0 Å². The van der Waals surface area contributed by atoms with Crippen LogP contribution in [0.1, 0.15) is 126 Å². The van der Waals surface area contributed by atoms with E-state index in [0.717, 1.165) is 5.56 Å². The minimum atomic E-state index is -2.25. The average molecular weight is 982 g/mol. The molecule has 6 unspecified atom stereocenters. The van der Waals surface area contributed by atoms with Crippen LogP contribution in [-0.4, -0.2) is 124 Å². The van der Waals surface area contributed by atoms with Crippen molar-refractivity contribution in [2.45, 2.75) is 128 Å². The molecule has 0 saturated carbocycles. The minimum Gasteiger partial charge on any atom is -0.507 e. The number of ether oxygens (including phenoxy) is 3. The number of aromatic hydroxyl groups is 1. The number of aliphatic hydroxyl groups excluding tert-OH is 2. The van der Waals surface area contributed by atoms with Crippen molar-refractivity contribution in [3.8, 4) is 11.5 Å². The van der Waals surface area contributed by atoms with Crippen molar-refractivity contribution in [2.75, 3.05) is 20.3 Å². The molecule has 0 radical (unpaired) electrons. The van der Waals surface area contributed by atoms with E-state index in [4.69, 9.17) is 14.2 Å². The average Bonchev–Trinajstić information content (AvgIpc) is 3.33. The molecule has 2 aliphatic carbocycles. The van der Waals surface area contributed by atoms with Crippen molar-refractivity contribution in [1.29, 1.82) is 0 Å². The largest absolute Gasteiger partial charge is 0.507 e. The van der Waals surface area contributed by atoms with E-state index >= 15 is 0 Å². The van der Waals surface area contributed by atoms with Crippen LogP contribution >= 0.6 is 0 Å². The van der Waals surface area contributed by atoms with Gasteiger partial charge in [-0.2, -0.15) is 0 Å². The molecule has 1 fully saturated rings. The van der Waals surface area contributed by atoms with Gasteiger partial charge in [-0.25, -0.2) is 0 Å². The summed E-state index contributed by atoms with van der Waals surface area (Å²) in [5.74, 6) is -6.31. The van der Waals surface area contributed by atoms with Crippen LogP contribution in [0.2, 0.25) is 0 Å². The Morgan fingerprint density at radius 2 is 1.63 bits per heavy atom. The lowest BCUT2D eigenvalue weighted by Crippen LogP contribution is -2.55. The smallest absolute Gasteiger partial charge is 0.243 e. The first kappa shape index (κ1) is 53.9. The zero-order chi connectivity index (χ0) is 52.1. The number of hydrogen-bond donors (Lipinski definition) is 7. The standard InChI is InChI=1S/C53H63N3O15/c1-26(2)18-35(56-52(67)36(19-30-12-9-8-10-13-30)55-41(61)17-16-37(59)27(3)4)51(66)54-24-32(58)20-31-21-42(70-29(6)47(31)62)71-39-23-53(68,40(60)25-57)22-34-28(5)43-46(50(65)45(34)39)49(64)44-33(48(43)63)14-11-15-38(44)69-7/h8-15,26,29,31,35-36,39,42,47,57,62,65,68H,3,16-25H2,1-2,4-7H3,(H,54,66)(H,55,61)(H,56,67)/t29?,31?,35?,36?,39-,42?,47?,53-/m1/s1. The molecule has 3 aromatic rings. The highest BCUT2D eigenvalue weighted by atomic mass is 16.7. The molecule has 8 atom stereocenters. The molecular formula is C53H63N3O15. The van der Waals surface area contributed by atoms with Crippen molar-refractivity contribution in [2.24, 2.45) is 11.8 Å². The Hall–Kier alpha value is -6.44. The van der Waals surface area contributed by atoms with Crippen LogP contribution in [0.25, 0.3) is 0 Å². The number of hydrogen-bond acceptors (Lipinski definition) is 15. The lowest BCUT2D eigenvalue weighted by atomic mass is 9.70. The summed E-state index contributed by atoms with van der Waals surface area (Å²) in [7, 11) is 1.34. The lowest BCUT2D eigenvalue weighted by molar-refractivity contribution is -0.257. The van der Waals surface area contributed by atoms with Crippen LogP contribution in [-0.2, 0) is 51.1 Å². The minimum absolute atomic E-state index is 0.0146. The highest BCUT2D eigenvalue weighted by molar-refractivity contribution is 6.31. The van der Waals surface area contributed by atoms with E-state index in [9.17, 15) is 58.8 Å². The van der Waals surface area contributed by atoms with Crippen LogP contribution < -0.4 is 20.7 Å². The highest BCUT2D eigenvalue weighted by Gasteiger charge is 2.50. The summed E-state index contributed by atoms with van der Waals surface area (Å²) in [6.07, 6.45) is -6.12. The van der Waals surface area contributed by atoms with Gasteiger partial charge in [0, 0.05) is 61.6 Å². The van der Waals surface area contributed by atoms with Gasteiger partial charge < -0.3 is 50.6 Å². The van der Waals surface area contributed by atoms with Gasteiger partial charge in [0.05, 0.1) is 43.1 Å². The number of ketones is 5. The Kier molecular flexibility index (Phi) is 17.3. The lowest BCUT2D eigenvalue weighted by Gasteiger charge is -2.43. The van der Waals surface area contributed by atoms with E-state index < -0.39 is 121 Å². The second kappa shape index (κ2) is 22.8. The molecule has 18 heteroatoms. The van der Waals surface area contributed by atoms with Crippen LogP contribution in [0, 0.1) is 18.8 Å². The van der Waals surface area contributed by atoms with Crippen molar-refractivity contribution in [3.05, 3.63) is 105 Å². The van der Waals surface area contributed by atoms with Crippen LogP contribution in [0.15, 0.2) is 60.7 Å². The predicted octanol–water partition coefficient (Wildman–Crippen LogP) is 3.15. The maximum atomic E-state index is 14.2. The fourth-order valence-corrected chi connectivity index (χ4v) is 9.68. The summed E-state index contributed by atoms with van der Waals surface area (Å²) in [5.41, 5.74) is -1.30. The molecule has 1 heterocycles. The quantitative estimate of drug-likeness (QED) is 0.0591. The molecule has 6 rings (SSSR count). The number of methoxy groups -OCH3 is 1. The first-order valence-corrected chi connectivity index (χ1v) is 23.7. The van der Waals surface area contributed by atoms with Crippen LogP contribution in [0.3, 0.4) is 0 Å². The summed E-state index contributed by atoms with van der Waals surface area (Å²) >= 11 is 0. The Balaban J connectivity index is 1.17. The predicted molar refractivity (Wildman–Crippen MR) is 255 cm³/mol. The molecule has 0 aromatic heterocycles. The first-order chi connectivity index (χ1) is 33.6. The molecule has 3 aromatic carbocycles. The van der Waals surface area contributed by atoms with E-state index in [1.807, 2.05) is 13.8 Å². The number of Topliss-reactive ketones (excluding diaryl/α,β-unsaturated/α-hetero) is 3. The third-order valence-corrected chi connectivity index (χ3v) is 13.5. The maximum Gasteiger partial charge on any atom is 0.243 e. The van der Waals surface area contributed by atoms with Crippen LogP contribution in [0.5, 0.6) is 11.5 Å². The van der Waals surface area contributed by atoms with E-state index in [1.54, 1.807) is 50.2 Å². The maximum absolute atomic E-state index is 14.2. The SMILES string of the molecule is C=C(C)C(=O)CCC(=O)NC(Cc1ccccc1)C(=O)NC(CC(C)C)C(=O)NCC(=O)CC1CC(O[C@@H]2C[C@@](O)(C(=O)CO)Cc3c(C)c4c(c(O)c32)C(=O)c2c(OC)cccc2C4=O)OC(C)C1O. The number of nitrogens with one attached hydrogen (secondary N) is 3. The number of phenols is 1. The third kappa shape index (κ3) is 12.0. The van der Waals surface area contributed by atoms with Crippen molar-refractivity contribution >= 4 is 46.6 Å². The van der Waals surface area contributed by atoms with Gasteiger partial charge in [0.25, 0.3) is 0 Å². The molecule has 0 bridgehead atoms. The van der Waals surface area contributed by atoms with Gasteiger partial charge in [0.15, 0.2) is 29.4 Å². The molecule has 71 heavy (non-hydrogen) atoms. The molecule has 1 aliphatic heterocycles. The molecule has 0 spiro atoms. The first-order valence-electron chi connectivity index (χ1n) is 23.7. The summed E-state index contributed by atoms with van der Waals surface area (Å²) in [6.45, 7) is 10.4. The van der Waals surface area contributed by atoms with E-state index in [0.29, 0.717) is 5.57 Å². The fourth-order valence-electron chi connectivity index (χ4n) is 9.68. The summed E-state index contributed by atoms with van der Waals surface area (Å²) in [5, 5.41) is 53.0. The van der Waals surface area contributed by atoms with Crippen molar-refractivity contribution < 1.29 is 73.0 Å². The normalized spacial score (nSPS) is 22.3. The zero-order valence-corrected chi connectivity index (χ0v) is 40.8. The molecule has 7 N–H and O–H groups in total. The fraction of sp³-hybridized carbons (Fsp3) is 0.472. The molecule has 380 valence electrons. The highest BCUT2D eigenvalue weighted by Crippen LogP contribution is 2.50. The second-order valence-electron chi connectivity index (χ2n) is 19.2. The number of carbonyl (C=O) groups excluding carboxylic acids is 8. The zero-order valence-electron chi connectivity index (χ0n) is 40.8. The molecule has 1 saturated heterocycles. The Labute approximate surface area is 411 Å². The number of rotatable bonds is 21. The molecule has 3 amide bonds. The number of benzene rings is 3.